The highest BCUT2D eigenvalue weighted by atomic mass is 16.2. The van der Waals surface area contributed by atoms with Gasteiger partial charge in [0.2, 0.25) is 5.91 Å². The maximum atomic E-state index is 11.9. The van der Waals surface area contributed by atoms with Crippen molar-refractivity contribution in [3.63, 3.8) is 0 Å². The molecular weight excluding hydrogens is 212 g/mol. The molecule has 0 aliphatic carbocycles. The van der Waals surface area contributed by atoms with Crippen molar-refractivity contribution >= 4 is 5.91 Å². The SMILES string of the molecule is Cc1ccccc1C(C)N1CC(CN)CC1=O. The second-order valence-corrected chi connectivity index (χ2v) is 4.88. The van der Waals surface area contributed by atoms with Crippen LogP contribution < -0.4 is 5.73 Å². The van der Waals surface area contributed by atoms with Crippen LogP contribution in [0.25, 0.3) is 0 Å². The number of nitrogens with zero attached hydrogens (tertiary/aromatic N) is 1. The van der Waals surface area contributed by atoms with E-state index in [-0.39, 0.29) is 11.9 Å². The molecule has 1 aromatic carbocycles. The zero-order chi connectivity index (χ0) is 12.4. The van der Waals surface area contributed by atoms with Crippen LogP contribution in [0, 0.1) is 12.8 Å². The summed E-state index contributed by atoms with van der Waals surface area (Å²) < 4.78 is 0. The maximum Gasteiger partial charge on any atom is 0.223 e. The third-order valence-corrected chi connectivity index (χ3v) is 3.68. The highest BCUT2D eigenvalue weighted by Crippen LogP contribution is 2.29. The first-order valence-electron chi connectivity index (χ1n) is 6.18. The van der Waals surface area contributed by atoms with Crippen LogP contribution in [-0.2, 0) is 4.79 Å². The van der Waals surface area contributed by atoms with Gasteiger partial charge in [-0.1, -0.05) is 24.3 Å². The average molecular weight is 232 g/mol. The zero-order valence-corrected chi connectivity index (χ0v) is 10.5. The quantitative estimate of drug-likeness (QED) is 0.864. The summed E-state index contributed by atoms with van der Waals surface area (Å²) in [5.41, 5.74) is 8.12. The normalized spacial score (nSPS) is 21.9. The summed E-state index contributed by atoms with van der Waals surface area (Å²) in [7, 11) is 0. The van der Waals surface area contributed by atoms with E-state index in [0.717, 1.165) is 6.54 Å². The van der Waals surface area contributed by atoms with Gasteiger partial charge in [-0.25, -0.2) is 0 Å². The van der Waals surface area contributed by atoms with Crippen LogP contribution in [-0.4, -0.2) is 23.9 Å². The van der Waals surface area contributed by atoms with Gasteiger partial charge < -0.3 is 10.6 Å². The number of benzene rings is 1. The molecule has 17 heavy (non-hydrogen) atoms. The first-order valence-corrected chi connectivity index (χ1v) is 6.18. The van der Waals surface area contributed by atoms with E-state index < -0.39 is 0 Å². The molecule has 0 spiro atoms. The van der Waals surface area contributed by atoms with Gasteiger partial charge in [-0.2, -0.15) is 0 Å². The van der Waals surface area contributed by atoms with Gasteiger partial charge in [0, 0.05) is 13.0 Å². The number of likely N-dealkylation sites (tertiary alicyclic amines) is 1. The third kappa shape index (κ3) is 2.34. The Kier molecular flexibility index (Phi) is 3.48. The van der Waals surface area contributed by atoms with E-state index in [1.165, 1.54) is 11.1 Å². The van der Waals surface area contributed by atoms with E-state index in [9.17, 15) is 4.79 Å². The smallest absolute Gasteiger partial charge is 0.223 e. The third-order valence-electron chi connectivity index (χ3n) is 3.68. The highest BCUT2D eigenvalue weighted by molar-refractivity contribution is 5.79. The second kappa shape index (κ2) is 4.88. The predicted octanol–water partition coefficient (Wildman–Crippen LogP) is 1.86. The Balaban J connectivity index is 2.18. The summed E-state index contributed by atoms with van der Waals surface area (Å²) >= 11 is 0. The Hall–Kier alpha value is -1.35. The molecule has 3 nitrogen and oxygen atoms in total. The molecule has 92 valence electrons. The summed E-state index contributed by atoms with van der Waals surface area (Å²) in [4.78, 5) is 13.9. The van der Waals surface area contributed by atoms with Crippen LogP contribution in [0.15, 0.2) is 24.3 Å². The molecule has 2 atom stereocenters. The van der Waals surface area contributed by atoms with Crippen LogP contribution in [0.2, 0.25) is 0 Å². The van der Waals surface area contributed by atoms with Gasteiger partial charge in [0.1, 0.15) is 0 Å². The van der Waals surface area contributed by atoms with Crippen molar-refractivity contribution in [1.82, 2.24) is 4.90 Å². The number of nitrogens with two attached hydrogens (primary N) is 1. The van der Waals surface area contributed by atoms with E-state index >= 15 is 0 Å². The predicted molar refractivity (Wildman–Crippen MR) is 68.5 cm³/mol. The average Bonchev–Trinajstić information content (AvgIpc) is 2.70. The van der Waals surface area contributed by atoms with Crippen molar-refractivity contribution in [3.05, 3.63) is 35.4 Å². The molecule has 2 unspecified atom stereocenters. The molecular formula is C14H20N2O. The number of aryl methyl sites for hydroxylation is 1. The minimum absolute atomic E-state index is 0.153. The molecule has 0 radical (unpaired) electrons. The summed E-state index contributed by atoms with van der Waals surface area (Å²) in [6.07, 6.45) is 0.604. The molecule has 0 bridgehead atoms. The molecule has 1 aromatic rings. The summed E-state index contributed by atoms with van der Waals surface area (Å²) in [6, 6.07) is 8.40. The molecule has 0 aromatic heterocycles. The van der Waals surface area contributed by atoms with Gasteiger partial charge in [0.25, 0.3) is 0 Å². The fourth-order valence-corrected chi connectivity index (χ4v) is 2.56. The lowest BCUT2D eigenvalue weighted by atomic mass is 10.0. The van der Waals surface area contributed by atoms with Gasteiger partial charge in [-0.3, -0.25) is 4.79 Å². The molecule has 2 rings (SSSR count). The van der Waals surface area contributed by atoms with E-state index in [1.807, 2.05) is 17.0 Å². The van der Waals surface area contributed by atoms with Gasteiger partial charge >= 0.3 is 0 Å². The molecule has 1 amide bonds. The monoisotopic (exact) mass is 232 g/mol. The van der Waals surface area contributed by atoms with Gasteiger partial charge in [-0.05, 0) is 37.4 Å². The molecule has 2 N–H and O–H groups in total. The van der Waals surface area contributed by atoms with Crippen LogP contribution in [0.3, 0.4) is 0 Å². The van der Waals surface area contributed by atoms with E-state index in [4.69, 9.17) is 5.73 Å². The molecule has 1 heterocycles. The number of rotatable bonds is 3. The molecule has 1 aliphatic rings. The van der Waals surface area contributed by atoms with Crippen LogP contribution >= 0.6 is 0 Å². The van der Waals surface area contributed by atoms with Crippen molar-refractivity contribution in [3.8, 4) is 0 Å². The second-order valence-electron chi connectivity index (χ2n) is 4.88. The van der Waals surface area contributed by atoms with Crippen LogP contribution in [0.1, 0.15) is 30.5 Å². The number of carbonyl (C=O) groups excluding carboxylic acids is 1. The Labute approximate surface area is 103 Å². The first kappa shape index (κ1) is 12.1. The lowest BCUT2D eigenvalue weighted by Crippen LogP contribution is -2.29. The molecule has 0 saturated carbocycles. The standard InChI is InChI=1S/C14H20N2O/c1-10-5-3-4-6-13(10)11(2)16-9-12(8-15)7-14(16)17/h3-6,11-12H,7-9,15H2,1-2H3. The van der Waals surface area contributed by atoms with E-state index in [1.54, 1.807) is 0 Å². The lowest BCUT2D eigenvalue weighted by Gasteiger charge is -2.26. The van der Waals surface area contributed by atoms with Crippen LogP contribution in [0.4, 0.5) is 0 Å². The largest absolute Gasteiger partial charge is 0.336 e. The first-order chi connectivity index (χ1) is 8.13. The maximum absolute atomic E-state index is 11.9. The number of hydrogen-bond acceptors (Lipinski definition) is 2. The molecule has 1 fully saturated rings. The number of hydrogen-bond donors (Lipinski definition) is 1. The minimum atomic E-state index is 0.153. The molecule has 1 aliphatic heterocycles. The fourth-order valence-electron chi connectivity index (χ4n) is 2.56. The van der Waals surface area contributed by atoms with Gasteiger partial charge in [0.15, 0.2) is 0 Å². The van der Waals surface area contributed by atoms with Crippen LogP contribution in [0.5, 0.6) is 0 Å². The van der Waals surface area contributed by atoms with Crippen molar-refractivity contribution in [2.75, 3.05) is 13.1 Å². The summed E-state index contributed by atoms with van der Waals surface area (Å²) in [5.74, 6) is 0.560. The van der Waals surface area contributed by atoms with Gasteiger partial charge in [0.05, 0.1) is 6.04 Å². The fraction of sp³-hybridized carbons (Fsp3) is 0.500. The zero-order valence-electron chi connectivity index (χ0n) is 10.5. The van der Waals surface area contributed by atoms with E-state index in [0.29, 0.717) is 18.9 Å². The van der Waals surface area contributed by atoms with E-state index in [2.05, 4.69) is 26.0 Å². The molecule has 1 saturated heterocycles. The van der Waals surface area contributed by atoms with Crippen molar-refractivity contribution < 1.29 is 4.79 Å². The Morgan fingerprint density at radius 1 is 1.47 bits per heavy atom. The van der Waals surface area contributed by atoms with Crippen molar-refractivity contribution in [2.45, 2.75) is 26.3 Å². The lowest BCUT2D eigenvalue weighted by molar-refractivity contribution is -0.129. The molecule has 3 heteroatoms. The van der Waals surface area contributed by atoms with Gasteiger partial charge in [-0.15, -0.1) is 0 Å². The topological polar surface area (TPSA) is 46.3 Å². The Bertz CT molecular complexity index is 416. The minimum Gasteiger partial charge on any atom is -0.336 e. The summed E-state index contributed by atoms with van der Waals surface area (Å²) in [6.45, 7) is 5.58. The number of carbonyl (C=O) groups is 1. The number of amides is 1. The van der Waals surface area contributed by atoms with Crippen molar-refractivity contribution in [2.24, 2.45) is 11.7 Å². The summed E-state index contributed by atoms with van der Waals surface area (Å²) in [5, 5.41) is 0. The Morgan fingerprint density at radius 2 is 2.18 bits per heavy atom. The van der Waals surface area contributed by atoms with Crippen molar-refractivity contribution in [1.29, 1.82) is 0 Å². The Morgan fingerprint density at radius 3 is 2.76 bits per heavy atom. The highest BCUT2D eigenvalue weighted by Gasteiger charge is 2.32.